The molecule has 5 rings (SSSR count). The molecule has 3 aromatic heterocycles. The Morgan fingerprint density at radius 2 is 2.13 bits per heavy atom. The average molecular weight is 425 g/mol. The van der Waals surface area contributed by atoms with Gasteiger partial charge in [0.2, 0.25) is 5.91 Å². The molecule has 1 aliphatic carbocycles. The van der Waals surface area contributed by atoms with Gasteiger partial charge in [0, 0.05) is 31.2 Å². The number of nitrogens with one attached hydrogen (secondary N) is 2. The molecule has 0 spiro atoms. The predicted octanol–water partition coefficient (Wildman–Crippen LogP) is 3.34. The fourth-order valence-corrected chi connectivity index (χ4v) is 3.97. The van der Waals surface area contributed by atoms with E-state index in [9.17, 15) is 9.18 Å². The first kappa shape index (κ1) is 19.4. The van der Waals surface area contributed by atoms with Crippen molar-refractivity contribution in [3.8, 4) is 11.3 Å². The Labute approximate surface area is 176 Å². The number of aromatic nitrogens is 5. The van der Waals surface area contributed by atoms with Crippen molar-refractivity contribution in [3.63, 3.8) is 0 Å². The number of carbonyl (C=O) groups excluding carboxylic acids is 1. The highest BCUT2D eigenvalue weighted by Gasteiger charge is 2.43. The van der Waals surface area contributed by atoms with Gasteiger partial charge in [-0.2, -0.15) is 5.10 Å². The zero-order chi connectivity index (χ0) is 21.9. The van der Waals surface area contributed by atoms with Crippen molar-refractivity contribution in [1.82, 2.24) is 24.6 Å². The molecule has 1 aromatic carbocycles. The smallest absolute Gasteiger partial charge is 0.231 e. The van der Waals surface area contributed by atoms with Crippen LogP contribution in [0.15, 0.2) is 24.8 Å². The van der Waals surface area contributed by atoms with Gasteiger partial charge in [0.05, 0.1) is 41.4 Å². The van der Waals surface area contributed by atoms with Gasteiger partial charge in [-0.1, -0.05) is 6.92 Å². The van der Waals surface area contributed by atoms with Crippen LogP contribution in [0.3, 0.4) is 0 Å². The minimum absolute atomic E-state index is 0.250. The summed E-state index contributed by atoms with van der Waals surface area (Å²) in [6.45, 7) is 1.90. The normalized spacial score (nSPS) is 18.0. The van der Waals surface area contributed by atoms with Crippen molar-refractivity contribution in [1.29, 1.82) is 0 Å². The second-order valence-electron chi connectivity index (χ2n) is 7.93. The van der Waals surface area contributed by atoms with Gasteiger partial charge in [-0.3, -0.25) is 14.9 Å². The Morgan fingerprint density at radius 1 is 1.35 bits per heavy atom. The number of H-pyrrole nitrogens is 1. The van der Waals surface area contributed by atoms with Crippen molar-refractivity contribution in [2.24, 2.45) is 5.92 Å². The highest BCUT2D eigenvalue weighted by Crippen LogP contribution is 2.39. The van der Waals surface area contributed by atoms with Crippen molar-refractivity contribution >= 4 is 34.0 Å². The lowest BCUT2D eigenvalue weighted by atomic mass is 9.96. The summed E-state index contributed by atoms with van der Waals surface area (Å²) < 4.78 is 30.3. The Morgan fingerprint density at radius 3 is 2.81 bits per heavy atom. The molecular formula is C21H21F2N7O. The molecule has 0 bridgehead atoms. The minimum Gasteiger partial charge on any atom is -0.374 e. The SMILES string of the molecule is CCc1c(F)c(N(C)C)c2[nH]ncc2c1-c1cn2cc(NC(=O)[C@@H]3C[C@@H]3F)nc2cn1. The number of fused-ring (bicyclic) bond motifs is 2. The molecule has 0 unspecified atom stereocenters. The molecule has 160 valence electrons. The Hall–Kier alpha value is -3.56. The molecule has 2 N–H and O–H groups in total. The summed E-state index contributed by atoms with van der Waals surface area (Å²) in [7, 11) is 3.58. The summed E-state index contributed by atoms with van der Waals surface area (Å²) in [5.74, 6) is -0.969. The number of benzene rings is 1. The molecule has 1 fully saturated rings. The molecule has 3 heterocycles. The van der Waals surface area contributed by atoms with Crippen LogP contribution in [0.25, 0.3) is 27.8 Å². The maximum Gasteiger partial charge on any atom is 0.231 e. The first-order valence-electron chi connectivity index (χ1n) is 10.0. The molecule has 8 nitrogen and oxygen atoms in total. The number of carbonyl (C=O) groups is 1. The number of rotatable bonds is 5. The third-order valence-electron chi connectivity index (χ3n) is 5.62. The molecule has 2 atom stereocenters. The maximum atomic E-state index is 15.4. The number of imidazole rings is 1. The number of aromatic amines is 1. The highest BCUT2D eigenvalue weighted by molar-refractivity contribution is 6.02. The van der Waals surface area contributed by atoms with E-state index in [1.54, 1.807) is 48.2 Å². The van der Waals surface area contributed by atoms with Crippen LogP contribution in [-0.4, -0.2) is 50.7 Å². The first-order chi connectivity index (χ1) is 14.9. The van der Waals surface area contributed by atoms with E-state index in [1.807, 2.05) is 6.92 Å². The summed E-state index contributed by atoms with van der Waals surface area (Å²) in [6, 6.07) is 0. The number of alkyl halides is 1. The first-order valence-corrected chi connectivity index (χ1v) is 10.0. The van der Waals surface area contributed by atoms with Gasteiger partial charge in [-0.05, 0) is 18.4 Å². The zero-order valence-corrected chi connectivity index (χ0v) is 17.3. The van der Waals surface area contributed by atoms with Gasteiger partial charge in [0.1, 0.15) is 6.17 Å². The number of hydrogen-bond donors (Lipinski definition) is 2. The van der Waals surface area contributed by atoms with Crippen LogP contribution >= 0.6 is 0 Å². The van der Waals surface area contributed by atoms with Crippen LogP contribution in [0.1, 0.15) is 18.9 Å². The Balaban J connectivity index is 1.61. The lowest BCUT2D eigenvalue weighted by Crippen LogP contribution is -2.15. The molecule has 10 heteroatoms. The molecule has 31 heavy (non-hydrogen) atoms. The van der Waals surface area contributed by atoms with E-state index < -0.39 is 12.1 Å². The summed E-state index contributed by atoms with van der Waals surface area (Å²) in [6.07, 6.45) is 6.25. The maximum absolute atomic E-state index is 15.4. The van der Waals surface area contributed by atoms with Crippen LogP contribution in [-0.2, 0) is 11.2 Å². The fraction of sp³-hybridized carbons (Fsp3) is 0.333. The molecule has 0 radical (unpaired) electrons. The second-order valence-corrected chi connectivity index (χ2v) is 7.93. The van der Waals surface area contributed by atoms with E-state index in [1.165, 1.54) is 0 Å². The largest absolute Gasteiger partial charge is 0.374 e. The highest BCUT2D eigenvalue weighted by atomic mass is 19.1. The number of nitrogens with zero attached hydrogens (tertiary/aromatic N) is 5. The predicted molar refractivity (Wildman–Crippen MR) is 113 cm³/mol. The Kier molecular flexibility index (Phi) is 4.38. The minimum atomic E-state index is -1.07. The fourth-order valence-electron chi connectivity index (χ4n) is 3.97. The third-order valence-corrected chi connectivity index (χ3v) is 5.62. The van der Waals surface area contributed by atoms with Crippen LogP contribution < -0.4 is 10.2 Å². The monoisotopic (exact) mass is 425 g/mol. The molecule has 1 saturated carbocycles. The summed E-state index contributed by atoms with van der Waals surface area (Å²) in [4.78, 5) is 22.6. The van der Waals surface area contributed by atoms with Crippen molar-refractivity contribution in [2.75, 3.05) is 24.3 Å². The third kappa shape index (κ3) is 3.09. The van der Waals surface area contributed by atoms with Gasteiger partial charge in [0.25, 0.3) is 0 Å². The molecule has 0 saturated heterocycles. The van der Waals surface area contributed by atoms with Crippen molar-refractivity contribution in [3.05, 3.63) is 36.2 Å². The van der Waals surface area contributed by atoms with Gasteiger partial charge in [0.15, 0.2) is 17.3 Å². The van der Waals surface area contributed by atoms with Crippen molar-refractivity contribution < 1.29 is 13.6 Å². The number of hydrogen-bond acceptors (Lipinski definition) is 5. The van der Waals surface area contributed by atoms with Gasteiger partial charge in [-0.25, -0.2) is 13.8 Å². The van der Waals surface area contributed by atoms with Crippen LogP contribution in [0.4, 0.5) is 20.3 Å². The summed E-state index contributed by atoms with van der Waals surface area (Å²) in [5.41, 5.74) is 3.32. The van der Waals surface area contributed by atoms with E-state index in [4.69, 9.17) is 0 Å². The standard InChI is InChI=1S/C21H21F2N7O/c1-4-10-17(12-6-25-28-19(12)20(18(10)23)29(2)3)14-8-30-9-15(26-16(30)7-24-14)27-21(31)11-5-13(11)22/h6-9,11,13H,4-5H2,1-3H3,(H,25,28)(H,27,31)/t11-,13+/m1/s1. The lowest BCUT2D eigenvalue weighted by Gasteiger charge is -2.19. The molecule has 1 aliphatic rings. The van der Waals surface area contributed by atoms with E-state index in [0.717, 1.165) is 5.39 Å². The van der Waals surface area contributed by atoms with Crippen molar-refractivity contribution in [2.45, 2.75) is 25.9 Å². The van der Waals surface area contributed by atoms with Gasteiger partial charge < -0.3 is 14.6 Å². The van der Waals surface area contributed by atoms with Gasteiger partial charge in [-0.15, -0.1) is 0 Å². The number of halogens is 2. The van der Waals surface area contributed by atoms with Crippen LogP contribution in [0, 0.1) is 11.7 Å². The summed E-state index contributed by atoms with van der Waals surface area (Å²) >= 11 is 0. The van der Waals surface area contributed by atoms with E-state index in [-0.39, 0.29) is 18.1 Å². The zero-order valence-electron chi connectivity index (χ0n) is 17.3. The average Bonchev–Trinajstić information content (AvgIpc) is 3.11. The molecule has 1 amide bonds. The molecule has 0 aliphatic heterocycles. The second kappa shape index (κ2) is 7.00. The lowest BCUT2D eigenvalue weighted by molar-refractivity contribution is -0.117. The van der Waals surface area contributed by atoms with E-state index in [0.29, 0.717) is 45.9 Å². The Bertz CT molecular complexity index is 1330. The topological polar surface area (TPSA) is 91.2 Å². The van der Waals surface area contributed by atoms with Crippen LogP contribution in [0.2, 0.25) is 0 Å². The molecule has 4 aromatic rings. The molecular weight excluding hydrogens is 404 g/mol. The number of anilines is 2. The number of amides is 1. The summed E-state index contributed by atoms with van der Waals surface area (Å²) in [5, 5.41) is 10.4. The van der Waals surface area contributed by atoms with Crippen LogP contribution in [0.5, 0.6) is 0 Å². The van der Waals surface area contributed by atoms with E-state index in [2.05, 4.69) is 25.5 Å². The van der Waals surface area contributed by atoms with Gasteiger partial charge >= 0.3 is 0 Å². The van der Waals surface area contributed by atoms with E-state index >= 15 is 4.39 Å². The quantitative estimate of drug-likeness (QED) is 0.512.